The van der Waals surface area contributed by atoms with Gasteiger partial charge in [-0.3, -0.25) is 9.67 Å². The van der Waals surface area contributed by atoms with Crippen molar-refractivity contribution < 1.29 is 8.78 Å². The van der Waals surface area contributed by atoms with Crippen molar-refractivity contribution in [1.29, 1.82) is 0 Å². The molecule has 6 heteroatoms. The minimum atomic E-state index is -2.54. The third kappa shape index (κ3) is 1.73. The van der Waals surface area contributed by atoms with Crippen LogP contribution < -0.4 is 5.73 Å². The van der Waals surface area contributed by atoms with Crippen molar-refractivity contribution in [3.05, 3.63) is 30.2 Å². The Kier molecular flexibility index (Phi) is 2.55. The highest BCUT2D eigenvalue weighted by Gasteiger charge is 2.12. The number of nitrogen functional groups attached to an aromatic ring is 1. The molecule has 0 spiro atoms. The largest absolute Gasteiger partial charge is 0.396 e. The number of rotatable bonds is 2. The predicted octanol–water partition coefficient (Wildman–Crippen LogP) is 2.00. The molecule has 0 amide bonds. The highest BCUT2D eigenvalue weighted by Crippen LogP contribution is 2.27. The smallest absolute Gasteiger partial charge is 0.265 e. The Morgan fingerprint density at radius 3 is 2.62 bits per heavy atom. The maximum Gasteiger partial charge on any atom is 0.265 e. The fraction of sp³-hybridized carbons (Fsp3) is 0.200. The van der Waals surface area contributed by atoms with Gasteiger partial charge in [-0.15, -0.1) is 0 Å². The van der Waals surface area contributed by atoms with Crippen molar-refractivity contribution in [2.75, 3.05) is 5.73 Å². The fourth-order valence-electron chi connectivity index (χ4n) is 1.51. The Balaban J connectivity index is 2.52. The average molecular weight is 224 g/mol. The van der Waals surface area contributed by atoms with E-state index in [1.165, 1.54) is 23.1 Å². The molecule has 2 aromatic rings. The molecule has 0 unspecified atom stereocenters. The number of alkyl halides is 2. The molecule has 0 aliphatic heterocycles. The Morgan fingerprint density at radius 1 is 1.31 bits per heavy atom. The van der Waals surface area contributed by atoms with Crippen LogP contribution in [0.15, 0.2) is 24.7 Å². The molecule has 0 bridgehead atoms. The highest BCUT2D eigenvalue weighted by atomic mass is 19.3. The van der Waals surface area contributed by atoms with E-state index >= 15 is 0 Å². The van der Waals surface area contributed by atoms with Crippen LogP contribution in [-0.4, -0.2) is 14.8 Å². The van der Waals surface area contributed by atoms with Crippen LogP contribution in [0.3, 0.4) is 0 Å². The molecule has 0 saturated heterocycles. The van der Waals surface area contributed by atoms with Gasteiger partial charge in [0.15, 0.2) is 0 Å². The van der Waals surface area contributed by atoms with Crippen LogP contribution in [0, 0.1) is 0 Å². The quantitative estimate of drug-likeness (QED) is 0.848. The van der Waals surface area contributed by atoms with Gasteiger partial charge in [0.25, 0.3) is 6.43 Å². The summed E-state index contributed by atoms with van der Waals surface area (Å²) in [5.41, 5.74) is 7.14. The first-order valence-electron chi connectivity index (χ1n) is 4.60. The summed E-state index contributed by atoms with van der Waals surface area (Å²) in [4.78, 5) is 3.77. The van der Waals surface area contributed by atoms with E-state index in [4.69, 9.17) is 5.73 Å². The van der Waals surface area contributed by atoms with E-state index in [0.29, 0.717) is 16.9 Å². The Labute approximate surface area is 90.7 Å². The molecule has 2 N–H and O–H groups in total. The van der Waals surface area contributed by atoms with Crippen molar-refractivity contribution in [3.63, 3.8) is 0 Å². The van der Waals surface area contributed by atoms with Crippen LogP contribution in [-0.2, 0) is 7.05 Å². The minimum absolute atomic E-state index is 0.127. The topological polar surface area (TPSA) is 56.7 Å². The molecule has 0 saturated carbocycles. The molecule has 16 heavy (non-hydrogen) atoms. The van der Waals surface area contributed by atoms with Crippen molar-refractivity contribution in [2.24, 2.45) is 7.05 Å². The van der Waals surface area contributed by atoms with Crippen LogP contribution in [0.2, 0.25) is 0 Å². The number of hydrogen-bond acceptors (Lipinski definition) is 3. The monoisotopic (exact) mass is 224 g/mol. The molecule has 2 rings (SSSR count). The zero-order chi connectivity index (χ0) is 11.7. The van der Waals surface area contributed by atoms with E-state index in [1.54, 1.807) is 7.05 Å². The van der Waals surface area contributed by atoms with Crippen LogP contribution in [0.25, 0.3) is 11.3 Å². The molecule has 84 valence electrons. The first-order valence-corrected chi connectivity index (χ1v) is 4.60. The van der Waals surface area contributed by atoms with E-state index in [1.807, 2.05) is 0 Å². The normalized spacial score (nSPS) is 11.0. The molecule has 0 radical (unpaired) electrons. The van der Waals surface area contributed by atoms with Gasteiger partial charge >= 0.3 is 0 Å². The number of aryl methyl sites for hydroxylation is 1. The van der Waals surface area contributed by atoms with Gasteiger partial charge in [-0.1, -0.05) is 0 Å². The summed E-state index contributed by atoms with van der Waals surface area (Å²) >= 11 is 0. The van der Waals surface area contributed by atoms with Crippen LogP contribution in [0.4, 0.5) is 14.5 Å². The Hall–Kier alpha value is -1.98. The van der Waals surface area contributed by atoms with E-state index in [9.17, 15) is 8.78 Å². The zero-order valence-electron chi connectivity index (χ0n) is 8.56. The number of hydrogen-bond donors (Lipinski definition) is 1. The number of aromatic nitrogens is 3. The van der Waals surface area contributed by atoms with Crippen molar-refractivity contribution in [2.45, 2.75) is 6.43 Å². The van der Waals surface area contributed by atoms with Crippen molar-refractivity contribution in [1.82, 2.24) is 14.8 Å². The molecule has 0 aromatic carbocycles. The van der Waals surface area contributed by atoms with Gasteiger partial charge in [-0.2, -0.15) is 5.10 Å². The summed E-state index contributed by atoms with van der Waals surface area (Å²) < 4.78 is 26.5. The second-order valence-electron chi connectivity index (χ2n) is 3.38. The first-order chi connectivity index (χ1) is 7.59. The lowest BCUT2D eigenvalue weighted by Crippen LogP contribution is -1.97. The standard InChI is InChI=1S/C10H10F2N4/c1-16-9(8(13)5-15-16)6-2-7(10(11)12)4-14-3-6/h2-5,10H,13H2,1H3. The highest BCUT2D eigenvalue weighted by molar-refractivity contribution is 5.72. The third-order valence-corrected chi connectivity index (χ3v) is 2.25. The molecular formula is C10H10F2N4. The van der Waals surface area contributed by atoms with Crippen molar-refractivity contribution in [3.8, 4) is 11.3 Å². The maximum absolute atomic E-state index is 12.5. The summed E-state index contributed by atoms with van der Waals surface area (Å²) in [6, 6.07) is 1.37. The van der Waals surface area contributed by atoms with E-state index in [0.717, 1.165) is 6.20 Å². The number of anilines is 1. The van der Waals surface area contributed by atoms with Crippen LogP contribution >= 0.6 is 0 Å². The molecular weight excluding hydrogens is 214 g/mol. The molecule has 0 aliphatic rings. The predicted molar refractivity (Wildman–Crippen MR) is 55.8 cm³/mol. The maximum atomic E-state index is 12.5. The summed E-state index contributed by atoms with van der Waals surface area (Å²) in [6.07, 6.45) is 1.56. The Morgan fingerprint density at radius 2 is 2.06 bits per heavy atom. The molecule has 0 fully saturated rings. The Bertz CT molecular complexity index is 488. The van der Waals surface area contributed by atoms with Crippen molar-refractivity contribution >= 4 is 5.69 Å². The van der Waals surface area contributed by atoms with E-state index < -0.39 is 6.43 Å². The summed E-state index contributed by atoms with van der Waals surface area (Å²) in [7, 11) is 1.70. The first kappa shape index (κ1) is 10.5. The number of halogens is 2. The van der Waals surface area contributed by atoms with E-state index in [-0.39, 0.29) is 5.56 Å². The number of nitrogens with zero attached hydrogens (tertiary/aromatic N) is 3. The fourth-order valence-corrected chi connectivity index (χ4v) is 1.51. The number of nitrogens with two attached hydrogens (primary N) is 1. The van der Waals surface area contributed by atoms with Crippen LogP contribution in [0.5, 0.6) is 0 Å². The van der Waals surface area contributed by atoms with Gasteiger partial charge in [-0.05, 0) is 6.07 Å². The van der Waals surface area contributed by atoms with Gasteiger partial charge < -0.3 is 5.73 Å². The molecule has 0 atom stereocenters. The molecule has 4 nitrogen and oxygen atoms in total. The van der Waals surface area contributed by atoms with Gasteiger partial charge in [-0.25, -0.2) is 8.78 Å². The van der Waals surface area contributed by atoms with Gasteiger partial charge in [0.2, 0.25) is 0 Å². The van der Waals surface area contributed by atoms with Gasteiger partial charge in [0.05, 0.1) is 17.6 Å². The number of pyridine rings is 1. The second kappa shape index (κ2) is 3.88. The molecule has 2 heterocycles. The zero-order valence-corrected chi connectivity index (χ0v) is 8.56. The summed E-state index contributed by atoms with van der Waals surface area (Å²) in [5, 5.41) is 3.94. The molecule has 0 aliphatic carbocycles. The lowest BCUT2D eigenvalue weighted by atomic mass is 10.1. The minimum Gasteiger partial charge on any atom is -0.396 e. The summed E-state index contributed by atoms with van der Waals surface area (Å²) in [5.74, 6) is 0. The average Bonchev–Trinajstić information content (AvgIpc) is 2.59. The lowest BCUT2D eigenvalue weighted by molar-refractivity contribution is 0.151. The summed E-state index contributed by atoms with van der Waals surface area (Å²) in [6.45, 7) is 0. The van der Waals surface area contributed by atoms with E-state index in [2.05, 4.69) is 10.1 Å². The van der Waals surface area contributed by atoms with Gasteiger partial charge in [0.1, 0.15) is 0 Å². The van der Waals surface area contributed by atoms with Crippen LogP contribution in [0.1, 0.15) is 12.0 Å². The van der Waals surface area contributed by atoms with Gasteiger partial charge in [0, 0.05) is 30.6 Å². The second-order valence-corrected chi connectivity index (χ2v) is 3.38. The SMILES string of the molecule is Cn1ncc(N)c1-c1cncc(C(F)F)c1. The third-order valence-electron chi connectivity index (χ3n) is 2.25. The lowest BCUT2D eigenvalue weighted by Gasteiger charge is -2.05. The molecule has 2 aromatic heterocycles.